The van der Waals surface area contributed by atoms with Gasteiger partial charge in [0, 0.05) is 25.0 Å². The summed E-state index contributed by atoms with van der Waals surface area (Å²) in [6.45, 7) is 1.81. The first kappa shape index (κ1) is 18.4. The van der Waals surface area contributed by atoms with Gasteiger partial charge < -0.3 is 5.32 Å². The van der Waals surface area contributed by atoms with E-state index in [4.69, 9.17) is 0 Å². The van der Waals surface area contributed by atoms with Crippen LogP contribution in [0.5, 0.6) is 0 Å². The molecule has 3 aromatic heterocycles. The van der Waals surface area contributed by atoms with Crippen LogP contribution in [0.25, 0.3) is 5.52 Å². The fraction of sp³-hybridized carbons (Fsp3) is 0.136. The molecule has 6 nitrogen and oxygen atoms in total. The molecule has 0 saturated carbocycles. The number of carbonyl (C=O) groups excluding carboxylic acids is 1. The molecule has 144 valence electrons. The lowest BCUT2D eigenvalue weighted by Crippen LogP contribution is -2.26. The summed E-state index contributed by atoms with van der Waals surface area (Å²) in [5, 5.41) is 11.2. The van der Waals surface area contributed by atoms with Crippen LogP contribution in [0.2, 0.25) is 0 Å². The van der Waals surface area contributed by atoms with Crippen LogP contribution in [-0.4, -0.2) is 25.3 Å². The van der Waals surface area contributed by atoms with Crippen molar-refractivity contribution in [3.05, 3.63) is 89.3 Å². The molecular weight excluding hydrogens is 369 g/mol. The molecule has 4 rings (SSSR count). The predicted octanol–water partition coefficient (Wildman–Crippen LogP) is 3.10. The Labute approximate surface area is 167 Å². The molecule has 0 aliphatic carbocycles. The van der Waals surface area contributed by atoms with Crippen molar-refractivity contribution in [1.82, 2.24) is 24.7 Å². The molecule has 1 aromatic carbocycles. The lowest BCUT2D eigenvalue weighted by atomic mass is 10.1. The van der Waals surface area contributed by atoms with E-state index in [0.29, 0.717) is 16.6 Å². The number of nitrogens with zero attached hydrogens (tertiary/aromatic N) is 4. The predicted molar refractivity (Wildman–Crippen MR) is 107 cm³/mol. The summed E-state index contributed by atoms with van der Waals surface area (Å²) in [5.41, 5.74) is 3.33. The molecule has 1 atom stereocenters. The molecule has 0 aliphatic rings. The number of carbonyl (C=O) groups is 1. The van der Waals surface area contributed by atoms with Gasteiger partial charge in [0.15, 0.2) is 0 Å². The SMILES string of the molecule is C[C@H](NC(=O)c1cnn2ccc(C#Cc3cnn(C)c3)cc12)c1cccc(F)c1. The number of benzene rings is 1. The van der Waals surface area contributed by atoms with Crippen LogP contribution >= 0.6 is 0 Å². The van der Waals surface area contributed by atoms with Crippen molar-refractivity contribution in [2.24, 2.45) is 7.05 Å². The summed E-state index contributed by atoms with van der Waals surface area (Å²) in [5.74, 6) is 5.50. The second-order valence-electron chi connectivity index (χ2n) is 6.71. The van der Waals surface area contributed by atoms with Gasteiger partial charge in [-0.05, 0) is 36.8 Å². The largest absolute Gasteiger partial charge is 0.345 e. The minimum atomic E-state index is -0.346. The zero-order valence-electron chi connectivity index (χ0n) is 15.9. The molecule has 1 N–H and O–H groups in total. The van der Waals surface area contributed by atoms with Crippen LogP contribution in [0.15, 0.2) is 61.2 Å². The number of fused-ring (bicyclic) bond motifs is 1. The molecule has 4 aromatic rings. The number of nitrogens with one attached hydrogen (secondary N) is 1. The van der Waals surface area contributed by atoms with Crippen molar-refractivity contribution in [3.63, 3.8) is 0 Å². The fourth-order valence-corrected chi connectivity index (χ4v) is 3.00. The number of amides is 1. The summed E-state index contributed by atoms with van der Waals surface area (Å²) in [6, 6.07) is 9.48. The Bertz CT molecular complexity index is 1260. The average Bonchev–Trinajstić information content (AvgIpc) is 3.32. The van der Waals surface area contributed by atoms with Gasteiger partial charge in [-0.25, -0.2) is 8.91 Å². The van der Waals surface area contributed by atoms with Crippen LogP contribution in [0.1, 0.15) is 40.0 Å². The normalized spacial score (nSPS) is 11.7. The van der Waals surface area contributed by atoms with Gasteiger partial charge in [-0.15, -0.1) is 0 Å². The highest BCUT2D eigenvalue weighted by Crippen LogP contribution is 2.17. The quantitative estimate of drug-likeness (QED) is 0.550. The van der Waals surface area contributed by atoms with E-state index in [9.17, 15) is 9.18 Å². The van der Waals surface area contributed by atoms with Gasteiger partial charge in [0.05, 0.1) is 35.1 Å². The van der Waals surface area contributed by atoms with E-state index in [1.54, 1.807) is 33.7 Å². The smallest absolute Gasteiger partial charge is 0.255 e. The number of halogens is 1. The minimum absolute atomic E-state index is 0.283. The maximum Gasteiger partial charge on any atom is 0.255 e. The van der Waals surface area contributed by atoms with E-state index in [0.717, 1.165) is 11.1 Å². The Morgan fingerprint density at radius 1 is 1.14 bits per heavy atom. The Balaban J connectivity index is 1.59. The molecular formula is C22H18FN5O. The second kappa shape index (κ2) is 7.60. The molecule has 0 saturated heterocycles. The molecule has 0 bridgehead atoms. The van der Waals surface area contributed by atoms with Crippen LogP contribution in [0.3, 0.4) is 0 Å². The second-order valence-corrected chi connectivity index (χ2v) is 6.71. The molecule has 0 unspecified atom stereocenters. The van der Waals surface area contributed by atoms with E-state index in [2.05, 4.69) is 27.4 Å². The number of aromatic nitrogens is 4. The lowest BCUT2D eigenvalue weighted by molar-refractivity contribution is 0.0941. The summed E-state index contributed by atoms with van der Waals surface area (Å²) in [7, 11) is 1.83. The first-order chi connectivity index (χ1) is 14.0. The maximum absolute atomic E-state index is 13.4. The molecule has 0 radical (unpaired) electrons. The van der Waals surface area contributed by atoms with Gasteiger partial charge in [-0.1, -0.05) is 24.0 Å². The van der Waals surface area contributed by atoms with E-state index in [1.807, 2.05) is 32.3 Å². The average molecular weight is 387 g/mol. The summed E-state index contributed by atoms with van der Waals surface area (Å²) in [4.78, 5) is 12.8. The van der Waals surface area contributed by atoms with E-state index in [1.165, 1.54) is 18.3 Å². The molecule has 0 aliphatic heterocycles. The highest BCUT2D eigenvalue weighted by Gasteiger charge is 2.16. The number of rotatable bonds is 3. The number of pyridine rings is 1. The molecule has 7 heteroatoms. The maximum atomic E-state index is 13.4. The third-order valence-corrected chi connectivity index (χ3v) is 4.52. The Morgan fingerprint density at radius 3 is 2.72 bits per heavy atom. The number of hydrogen-bond donors (Lipinski definition) is 1. The molecule has 1 amide bonds. The standard InChI is InChI=1S/C22H18FN5O/c1-15(18-4-3-5-19(23)11-18)26-22(29)20-13-25-28-9-8-16(10-21(20)28)6-7-17-12-24-27(2)14-17/h3-5,8-15H,1-2H3,(H,26,29)/t15-/m0/s1. The van der Waals surface area contributed by atoms with Gasteiger partial charge >= 0.3 is 0 Å². The third-order valence-electron chi connectivity index (χ3n) is 4.52. The van der Waals surface area contributed by atoms with Crippen molar-refractivity contribution in [2.45, 2.75) is 13.0 Å². The van der Waals surface area contributed by atoms with Crippen LogP contribution < -0.4 is 5.32 Å². The monoisotopic (exact) mass is 387 g/mol. The van der Waals surface area contributed by atoms with Crippen molar-refractivity contribution >= 4 is 11.4 Å². The zero-order chi connectivity index (χ0) is 20.4. The molecule has 0 fully saturated rings. The van der Waals surface area contributed by atoms with Gasteiger partial charge in [0.1, 0.15) is 5.82 Å². The van der Waals surface area contributed by atoms with E-state index >= 15 is 0 Å². The first-order valence-electron chi connectivity index (χ1n) is 9.04. The fourth-order valence-electron chi connectivity index (χ4n) is 3.00. The van der Waals surface area contributed by atoms with Crippen LogP contribution in [0, 0.1) is 17.7 Å². The summed E-state index contributed by atoms with van der Waals surface area (Å²) in [6.07, 6.45) is 6.80. The van der Waals surface area contributed by atoms with Gasteiger partial charge in [0.2, 0.25) is 0 Å². The highest BCUT2D eigenvalue weighted by molar-refractivity contribution is 6.00. The van der Waals surface area contributed by atoms with Crippen molar-refractivity contribution in [2.75, 3.05) is 0 Å². The van der Waals surface area contributed by atoms with Crippen LogP contribution in [0.4, 0.5) is 4.39 Å². The number of aryl methyl sites for hydroxylation is 1. The molecule has 29 heavy (non-hydrogen) atoms. The minimum Gasteiger partial charge on any atom is -0.345 e. The van der Waals surface area contributed by atoms with Crippen molar-refractivity contribution in [1.29, 1.82) is 0 Å². The summed E-state index contributed by atoms with van der Waals surface area (Å²) < 4.78 is 16.8. The Hall–Kier alpha value is -3.92. The van der Waals surface area contributed by atoms with E-state index < -0.39 is 0 Å². The lowest BCUT2D eigenvalue weighted by Gasteiger charge is -2.14. The zero-order valence-corrected chi connectivity index (χ0v) is 15.9. The Kier molecular flexibility index (Phi) is 4.83. The summed E-state index contributed by atoms with van der Waals surface area (Å²) >= 11 is 0. The van der Waals surface area contributed by atoms with Gasteiger partial charge in [-0.2, -0.15) is 10.2 Å². The van der Waals surface area contributed by atoms with Gasteiger partial charge in [-0.3, -0.25) is 9.48 Å². The molecule has 0 spiro atoms. The van der Waals surface area contributed by atoms with E-state index in [-0.39, 0.29) is 17.8 Å². The van der Waals surface area contributed by atoms with Gasteiger partial charge in [0.25, 0.3) is 5.91 Å². The number of hydrogen-bond acceptors (Lipinski definition) is 3. The first-order valence-corrected chi connectivity index (χ1v) is 9.04. The van der Waals surface area contributed by atoms with Crippen molar-refractivity contribution in [3.8, 4) is 11.8 Å². The Morgan fingerprint density at radius 2 is 1.97 bits per heavy atom. The highest BCUT2D eigenvalue weighted by atomic mass is 19.1. The molecule has 3 heterocycles. The van der Waals surface area contributed by atoms with Crippen molar-refractivity contribution < 1.29 is 9.18 Å². The topological polar surface area (TPSA) is 64.2 Å². The third kappa shape index (κ3) is 4.01. The van der Waals surface area contributed by atoms with Crippen LogP contribution in [-0.2, 0) is 7.05 Å².